The molecule has 5 nitrogen and oxygen atoms in total. The van der Waals surface area contributed by atoms with Gasteiger partial charge >= 0.3 is 11.9 Å². The maximum absolute atomic E-state index is 12.4. The average Bonchev–Trinajstić information content (AvgIpc) is 3.60. The number of unbranched alkanes of at least 4 members (excludes halogenated alkanes) is 47. The second-order valence-corrected chi connectivity index (χ2v) is 26.4. The Morgan fingerprint density at radius 2 is 0.444 bits per heavy atom. The Bertz CT molecular complexity index is 1710. The van der Waals surface area contributed by atoms with Crippen molar-refractivity contribution in [1.29, 1.82) is 0 Å². The quantitative estimate of drug-likeness (QED) is 0.0373. The zero-order valence-electron chi connectivity index (χ0n) is 59.9. The van der Waals surface area contributed by atoms with Crippen LogP contribution in [0.4, 0.5) is 0 Å². The molecule has 1 N–H and O–H groups in total. The molecule has 0 saturated heterocycles. The number of rotatable bonds is 73. The molecule has 1 atom stereocenters. The molecule has 520 valence electrons. The molecule has 0 radical (unpaired) electrons. The van der Waals surface area contributed by atoms with E-state index in [0.29, 0.717) is 12.8 Å². The molecule has 5 heteroatoms. The number of esters is 2. The number of carbonyl (C=O) groups is 2. The summed E-state index contributed by atoms with van der Waals surface area (Å²) in [4.78, 5) is 24.7. The third kappa shape index (κ3) is 77.0. The maximum Gasteiger partial charge on any atom is 0.306 e. The standard InChI is InChI=1S/C85H150O5/c1-3-5-7-9-11-13-15-17-19-21-23-25-27-29-31-33-35-37-39-40-41-42-43-44-46-48-50-52-54-56-58-60-62-64-66-68-70-72-74-76-78-80-85(88)90-83(81-86)82-89-84(87)79-77-75-73-71-69-67-65-63-61-59-57-55-53-51-49-47-45-38-36-34-32-30-28-26-24-22-20-18-16-14-12-10-8-6-4-2/h5-8,11-14,17-20,23-26,29,31,83,86H,3-4,9-10,15-16,21-22,27-28,30,32-82H2,1-2H3/b7-5-,8-6-,13-11-,14-12-,19-17-,20-18-,25-23-,26-24-,31-29-. The molecule has 0 bridgehead atoms. The van der Waals surface area contributed by atoms with Crippen molar-refractivity contribution < 1.29 is 24.2 Å². The molecule has 90 heavy (non-hydrogen) atoms. The summed E-state index contributed by atoms with van der Waals surface area (Å²) in [5.74, 6) is -0.569. The Morgan fingerprint density at radius 1 is 0.256 bits per heavy atom. The maximum atomic E-state index is 12.4. The van der Waals surface area contributed by atoms with Gasteiger partial charge in [-0.15, -0.1) is 0 Å². The molecule has 0 aliphatic carbocycles. The van der Waals surface area contributed by atoms with Crippen molar-refractivity contribution in [3.05, 3.63) is 109 Å². The highest BCUT2D eigenvalue weighted by molar-refractivity contribution is 5.70. The predicted molar refractivity (Wildman–Crippen MR) is 399 cm³/mol. The Hall–Kier alpha value is -3.44. The van der Waals surface area contributed by atoms with Crippen LogP contribution in [0.25, 0.3) is 0 Å². The fourth-order valence-corrected chi connectivity index (χ4v) is 11.8. The molecule has 0 aromatic rings. The lowest BCUT2D eigenvalue weighted by Crippen LogP contribution is -2.28. The van der Waals surface area contributed by atoms with E-state index in [1.807, 2.05) is 0 Å². The van der Waals surface area contributed by atoms with Crippen molar-refractivity contribution in [3.8, 4) is 0 Å². The Labute approximate surface area is 561 Å². The van der Waals surface area contributed by atoms with E-state index in [0.717, 1.165) is 96.3 Å². The second-order valence-electron chi connectivity index (χ2n) is 26.4. The molecule has 0 saturated carbocycles. The van der Waals surface area contributed by atoms with Crippen molar-refractivity contribution in [3.63, 3.8) is 0 Å². The first-order valence-electron chi connectivity index (χ1n) is 39.4. The minimum atomic E-state index is -0.774. The molecule has 1 unspecified atom stereocenters. The predicted octanol–water partition coefficient (Wildman–Crippen LogP) is 27.9. The molecule has 0 aromatic carbocycles. The minimum Gasteiger partial charge on any atom is -0.462 e. The fraction of sp³-hybridized carbons (Fsp3) is 0.765. The number of hydrogen-bond acceptors (Lipinski definition) is 5. The summed E-state index contributed by atoms with van der Waals surface area (Å²) in [5.41, 5.74) is 0. The third-order valence-electron chi connectivity index (χ3n) is 17.6. The highest BCUT2D eigenvalue weighted by atomic mass is 16.6. The SMILES string of the molecule is CC/C=C\C/C=C\C/C=C\C/C=C\C/C=C\CCCCCCCCCCCCCCCCCCCCCCCCCCCC(=O)OC(CO)COC(=O)CCCCCCCCCCCCCCCCCCCCCCCC/C=C\C/C=C\C/C=C\C/C=C\CC. The number of allylic oxidation sites excluding steroid dienone is 18. The molecular weight excluding hydrogens is 1100 g/mol. The Balaban J connectivity index is 3.39. The average molecular weight is 1250 g/mol. The van der Waals surface area contributed by atoms with E-state index < -0.39 is 6.10 Å². The Morgan fingerprint density at radius 3 is 0.667 bits per heavy atom. The lowest BCUT2D eigenvalue weighted by molar-refractivity contribution is -0.161. The molecule has 0 aromatic heterocycles. The van der Waals surface area contributed by atoms with Crippen LogP contribution in [0.5, 0.6) is 0 Å². The van der Waals surface area contributed by atoms with E-state index in [1.54, 1.807) is 0 Å². The molecule has 0 aliphatic heterocycles. The zero-order valence-corrected chi connectivity index (χ0v) is 59.9. The first-order chi connectivity index (χ1) is 44.6. The van der Waals surface area contributed by atoms with Crippen LogP contribution in [-0.4, -0.2) is 36.4 Å². The van der Waals surface area contributed by atoms with Crippen molar-refractivity contribution in [2.45, 2.75) is 405 Å². The highest BCUT2D eigenvalue weighted by Gasteiger charge is 2.16. The van der Waals surface area contributed by atoms with Crippen molar-refractivity contribution in [2.24, 2.45) is 0 Å². The molecule has 0 amide bonds. The zero-order chi connectivity index (χ0) is 64.7. The van der Waals surface area contributed by atoms with Crippen LogP contribution in [-0.2, 0) is 19.1 Å². The first kappa shape index (κ1) is 86.6. The normalized spacial score (nSPS) is 12.8. The van der Waals surface area contributed by atoms with Crippen LogP contribution >= 0.6 is 0 Å². The van der Waals surface area contributed by atoms with Crippen LogP contribution in [0.1, 0.15) is 399 Å². The molecule has 0 spiro atoms. The van der Waals surface area contributed by atoms with E-state index >= 15 is 0 Å². The lowest BCUT2D eigenvalue weighted by Gasteiger charge is -2.15. The lowest BCUT2D eigenvalue weighted by atomic mass is 10.0. The van der Waals surface area contributed by atoms with Gasteiger partial charge < -0.3 is 14.6 Å². The fourth-order valence-electron chi connectivity index (χ4n) is 11.8. The van der Waals surface area contributed by atoms with Gasteiger partial charge in [0, 0.05) is 12.8 Å². The van der Waals surface area contributed by atoms with Gasteiger partial charge in [-0.25, -0.2) is 0 Å². The smallest absolute Gasteiger partial charge is 0.306 e. The van der Waals surface area contributed by atoms with Crippen LogP contribution in [0.2, 0.25) is 0 Å². The van der Waals surface area contributed by atoms with Gasteiger partial charge in [0.15, 0.2) is 6.10 Å². The van der Waals surface area contributed by atoms with Gasteiger partial charge in [0.2, 0.25) is 0 Å². The van der Waals surface area contributed by atoms with Crippen molar-refractivity contribution >= 4 is 11.9 Å². The Kier molecular flexibility index (Phi) is 76.7. The highest BCUT2D eigenvalue weighted by Crippen LogP contribution is 2.19. The minimum absolute atomic E-state index is 0.0623. The van der Waals surface area contributed by atoms with Crippen LogP contribution in [0.3, 0.4) is 0 Å². The summed E-state index contributed by atoms with van der Waals surface area (Å²) in [6, 6.07) is 0. The van der Waals surface area contributed by atoms with Crippen LogP contribution < -0.4 is 0 Å². The number of hydrogen-bond donors (Lipinski definition) is 1. The van der Waals surface area contributed by atoms with Gasteiger partial charge in [0.1, 0.15) is 6.61 Å². The van der Waals surface area contributed by atoms with Crippen molar-refractivity contribution in [2.75, 3.05) is 13.2 Å². The summed E-state index contributed by atoms with van der Waals surface area (Å²) in [6.45, 7) is 3.96. The van der Waals surface area contributed by atoms with Crippen molar-refractivity contribution in [1.82, 2.24) is 0 Å². The van der Waals surface area contributed by atoms with Crippen LogP contribution in [0.15, 0.2) is 109 Å². The molecule has 0 heterocycles. The van der Waals surface area contributed by atoms with Gasteiger partial charge in [-0.3, -0.25) is 9.59 Å². The van der Waals surface area contributed by atoms with E-state index in [1.165, 1.54) is 276 Å². The van der Waals surface area contributed by atoms with Gasteiger partial charge in [0.25, 0.3) is 0 Å². The summed E-state index contributed by atoms with van der Waals surface area (Å²) in [7, 11) is 0. The molecule has 0 aliphatic rings. The largest absolute Gasteiger partial charge is 0.462 e. The number of carbonyl (C=O) groups excluding carboxylic acids is 2. The number of aliphatic hydroxyl groups excluding tert-OH is 1. The summed E-state index contributed by atoms with van der Waals surface area (Å²) < 4.78 is 10.8. The summed E-state index contributed by atoms with van der Waals surface area (Å²) >= 11 is 0. The molecule has 0 rings (SSSR count). The van der Waals surface area contributed by atoms with E-state index in [2.05, 4.69) is 123 Å². The van der Waals surface area contributed by atoms with Gasteiger partial charge in [-0.05, 0) is 96.3 Å². The van der Waals surface area contributed by atoms with Gasteiger partial charge in [-0.1, -0.05) is 399 Å². The number of ether oxygens (including phenoxy) is 2. The third-order valence-corrected chi connectivity index (χ3v) is 17.6. The van der Waals surface area contributed by atoms with Crippen LogP contribution in [0, 0.1) is 0 Å². The van der Waals surface area contributed by atoms with Gasteiger partial charge in [-0.2, -0.15) is 0 Å². The van der Waals surface area contributed by atoms with E-state index in [4.69, 9.17) is 9.47 Å². The topological polar surface area (TPSA) is 72.8 Å². The second kappa shape index (κ2) is 79.8. The molecular formula is C85H150O5. The summed E-state index contributed by atoms with van der Waals surface area (Å²) in [5, 5.41) is 9.73. The van der Waals surface area contributed by atoms with E-state index in [9.17, 15) is 14.7 Å². The first-order valence-corrected chi connectivity index (χ1v) is 39.4. The monoisotopic (exact) mass is 1250 g/mol. The summed E-state index contributed by atoms with van der Waals surface area (Å²) in [6.07, 6.45) is 116. The number of aliphatic hydroxyl groups is 1. The van der Waals surface area contributed by atoms with E-state index in [-0.39, 0.29) is 25.2 Å². The van der Waals surface area contributed by atoms with Gasteiger partial charge in [0.05, 0.1) is 6.61 Å². The molecule has 0 fully saturated rings.